The van der Waals surface area contributed by atoms with E-state index in [1.165, 1.54) is 6.08 Å². The summed E-state index contributed by atoms with van der Waals surface area (Å²) in [7, 11) is 0. The van der Waals surface area contributed by atoms with Crippen LogP contribution in [0.1, 0.15) is 27.7 Å². The Balaban J connectivity index is 4.76. The van der Waals surface area contributed by atoms with Crippen molar-refractivity contribution in [3.05, 3.63) is 10.6 Å². The molecule has 0 fully saturated rings. The van der Waals surface area contributed by atoms with Crippen molar-refractivity contribution >= 4 is 40.8 Å². The van der Waals surface area contributed by atoms with Gasteiger partial charge in [0.2, 0.25) is 0 Å². The SMILES string of the molecule is CCOC(=O)C(C)C(C)(C)C(Cl)C=C(Cl)Cl. The molecule has 0 amide bonds. The molecular formula is C11H17Cl3O2. The van der Waals surface area contributed by atoms with Crippen LogP contribution in [0.15, 0.2) is 10.6 Å². The highest BCUT2D eigenvalue weighted by Gasteiger charge is 2.37. The fourth-order valence-electron chi connectivity index (χ4n) is 1.14. The molecule has 0 aromatic heterocycles. The molecule has 0 spiro atoms. The van der Waals surface area contributed by atoms with E-state index >= 15 is 0 Å². The van der Waals surface area contributed by atoms with Crippen LogP contribution in [0, 0.1) is 11.3 Å². The van der Waals surface area contributed by atoms with Gasteiger partial charge < -0.3 is 4.74 Å². The van der Waals surface area contributed by atoms with Crippen LogP contribution >= 0.6 is 34.8 Å². The van der Waals surface area contributed by atoms with E-state index in [2.05, 4.69) is 0 Å². The maximum atomic E-state index is 11.6. The quantitative estimate of drug-likeness (QED) is 0.561. The van der Waals surface area contributed by atoms with Crippen LogP contribution in [0.3, 0.4) is 0 Å². The molecule has 0 aliphatic carbocycles. The summed E-state index contributed by atoms with van der Waals surface area (Å²) in [6.45, 7) is 7.66. The van der Waals surface area contributed by atoms with E-state index < -0.39 is 10.8 Å². The highest BCUT2D eigenvalue weighted by Crippen LogP contribution is 2.36. The van der Waals surface area contributed by atoms with Gasteiger partial charge in [-0.15, -0.1) is 11.6 Å². The number of rotatable bonds is 5. The van der Waals surface area contributed by atoms with Gasteiger partial charge in [-0.25, -0.2) is 0 Å². The topological polar surface area (TPSA) is 26.3 Å². The van der Waals surface area contributed by atoms with Gasteiger partial charge in [0, 0.05) is 0 Å². The molecule has 5 heteroatoms. The molecule has 0 heterocycles. The summed E-state index contributed by atoms with van der Waals surface area (Å²) in [5.41, 5.74) is -0.483. The third kappa shape index (κ3) is 4.52. The van der Waals surface area contributed by atoms with E-state index in [4.69, 9.17) is 39.5 Å². The third-order valence-electron chi connectivity index (χ3n) is 2.74. The van der Waals surface area contributed by atoms with Crippen LogP contribution in [0.5, 0.6) is 0 Å². The number of allylic oxidation sites excluding steroid dienone is 1. The summed E-state index contributed by atoms with van der Waals surface area (Å²) in [6.07, 6.45) is 1.51. The molecule has 0 aromatic carbocycles. The first kappa shape index (κ1) is 16.1. The van der Waals surface area contributed by atoms with Crippen molar-refractivity contribution in [3.63, 3.8) is 0 Å². The van der Waals surface area contributed by atoms with Crippen molar-refractivity contribution in [3.8, 4) is 0 Å². The van der Waals surface area contributed by atoms with Gasteiger partial charge >= 0.3 is 5.97 Å². The van der Waals surface area contributed by atoms with Crippen molar-refractivity contribution in [2.45, 2.75) is 33.1 Å². The number of carbonyl (C=O) groups is 1. The van der Waals surface area contributed by atoms with Gasteiger partial charge in [0.15, 0.2) is 0 Å². The smallest absolute Gasteiger partial charge is 0.309 e. The Morgan fingerprint density at radius 1 is 1.44 bits per heavy atom. The summed E-state index contributed by atoms with van der Waals surface area (Å²) in [4.78, 5) is 11.6. The van der Waals surface area contributed by atoms with E-state index in [1.807, 2.05) is 13.8 Å². The first-order chi connectivity index (χ1) is 7.23. The Morgan fingerprint density at radius 3 is 2.31 bits per heavy atom. The Hall–Kier alpha value is 0.0800. The minimum Gasteiger partial charge on any atom is -0.466 e. The molecule has 0 aromatic rings. The Bertz CT molecular complexity index is 270. The highest BCUT2D eigenvalue weighted by atomic mass is 35.5. The third-order valence-corrected chi connectivity index (χ3v) is 3.68. The molecule has 0 saturated heterocycles. The molecule has 0 radical (unpaired) electrons. The van der Waals surface area contributed by atoms with Crippen LogP contribution in [-0.4, -0.2) is 18.0 Å². The van der Waals surface area contributed by atoms with E-state index in [-0.39, 0.29) is 16.4 Å². The van der Waals surface area contributed by atoms with Crippen molar-refractivity contribution in [2.24, 2.45) is 11.3 Å². The number of carbonyl (C=O) groups excluding carboxylic acids is 1. The average molecular weight is 288 g/mol. The van der Waals surface area contributed by atoms with Gasteiger partial charge in [-0.1, -0.05) is 44.0 Å². The van der Waals surface area contributed by atoms with E-state index in [0.717, 1.165) is 0 Å². The zero-order chi connectivity index (χ0) is 12.9. The fraction of sp³-hybridized carbons (Fsp3) is 0.727. The number of ether oxygens (including phenoxy) is 1. The lowest BCUT2D eigenvalue weighted by atomic mass is 9.77. The molecule has 94 valence electrons. The van der Waals surface area contributed by atoms with Crippen LogP contribution in [0.4, 0.5) is 0 Å². The summed E-state index contributed by atoms with van der Waals surface area (Å²) in [5, 5.41) is -0.433. The second kappa shape index (κ2) is 6.73. The lowest BCUT2D eigenvalue weighted by Gasteiger charge is -2.33. The lowest BCUT2D eigenvalue weighted by molar-refractivity contribution is -0.151. The van der Waals surface area contributed by atoms with Crippen LogP contribution < -0.4 is 0 Å². The van der Waals surface area contributed by atoms with Crippen LogP contribution in [0.25, 0.3) is 0 Å². The number of hydrogen-bond donors (Lipinski definition) is 0. The number of alkyl halides is 1. The van der Waals surface area contributed by atoms with Gasteiger partial charge in [-0.05, 0) is 18.4 Å². The minimum absolute atomic E-state index is 0.101. The normalized spacial score (nSPS) is 15.2. The summed E-state index contributed by atoms with van der Waals surface area (Å²) < 4.78 is 5.06. The summed E-state index contributed by atoms with van der Waals surface area (Å²) in [5.74, 6) is -0.601. The Morgan fingerprint density at radius 2 is 1.94 bits per heavy atom. The standard InChI is InChI=1S/C11H17Cl3O2/c1-5-16-10(15)7(2)11(3,4)8(12)6-9(13)14/h6-8H,5H2,1-4H3. The Labute approximate surface area is 112 Å². The van der Waals surface area contributed by atoms with E-state index in [9.17, 15) is 4.79 Å². The molecular weight excluding hydrogens is 270 g/mol. The summed E-state index contributed by atoms with van der Waals surface area (Å²) in [6, 6.07) is 0. The average Bonchev–Trinajstić information content (AvgIpc) is 2.15. The second-order valence-electron chi connectivity index (χ2n) is 4.15. The molecule has 0 rings (SSSR count). The van der Waals surface area contributed by atoms with Gasteiger partial charge in [0.1, 0.15) is 4.49 Å². The second-order valence-corrected chi connectivity index (χ2v) is 5.63. The molecule has 0 saturated carbocycles. The molecule has 2 atom stereocenters. The first-order valence-electron chi connectivity index (χ1n) is 5.07. The first-order valence-corrected chi connectivity index (χ1v) is 6.26. The highest BCUT2D eigenvalue weighted by molar-refractivity contribution is 6.56. The minimum atomic E-state index is -0.483. The largest absolute Gasteiger partial charge is 0.466 e. The lowest BCUT2D eigenvalue weighted by Crippen LogP contribution is -2.36. The van der Waals surface area contributed by atoms with Gasteiger partial charge in [0.05, 0.1) is 17.9 Å². The predicted octanol–water partition coefficient (Wildman–Crippen LogP) is 4.14. The number of halogens is 3. The van der Waals surface area contributed by atoms with E-state index in [0.29, 0.717) is 6.61 Å². The zero-order valence-corrected chi connectivity index (χ0v) is 12.2. The number of esters is 1. The van der Waals surface area contributed by atoms with Crippen molar-refractivity contribution in [1.29, 1.82) is 0 Å². The van der Waals surface area contributed by atoms with Gasteiger partial charge in [-0.3, -0.25) is 4.79 Å². The molecule has 16 heavy (non-hydrogen) atoms. The zero-order valence-electron chi connectivity index (χ0n) is 9.89. The predicted molar refractivity (Wildman–Crippen MR) is 69.0 cm³/mol. The molecule has 0 N–H and O–H groups in total. The van der Waals surface area contributed by atoms with Crippen molar-refractivity contribution in [1.82, 2.24) is 0 Å². The van der Waals surface area contributed by atoms with Crippen LogP contribution in [0.2, 0.25) is 0 Å². The molecule has 0 aliphatic heterocycles. The maximum absolute atomic E-state index is 11.6. The Kier molecular flexibility index (Phi) is 6.76. The maximum Gasteiger partial charge on any atom is 0.309 e. The van der Waals surface area contributed by atoms with Crippen LogP contribution in [-0.2, 0) is 9.53 Å². The molecule has 2 unspecified atom stereocenters. The van der Waals surface area contributed by atoms with E-state index in [1.54, 1.807) is 13.8 Å². The van der Waals surface area contributed by atoms with Crippen molar-refractivity contribution in [2.75, 3.05) is 6.61 Å². The van der Waals surface area contributed by atoms with Gasteiger partial charge in [0.25, 0.3) is 0 Å². The van der Waals surface area contributed by atoms with Crippen molar-refractivity contribution < 1.29 is 9.53 Å². The number of hydrogen-bond acceptors (Lipinski definition) is 2. The summed E-state index contributed by atoms with van der Waals surface area (Å²) >= 11 is 17.3. The fourth-order valence-corrected chi connectivity index (χ4v) is 1.83. The molecule has 0 aliphatic rings. The van der Waals surface area contributed by atoms with Gasteiger partial charge in [-0.2, -0.15) is 0 Å². The molecule has 0 bridgehead atoms. The monoisotopic (exact) mass is 286 g/mol. The molecule has 2 nitrogen and oxygen atoms in total.